The number of carbonyl (C=O) groups excluding carboxylic acids is 1. The van der Waals surface area contributed by atoms with Gasteiger partial charge >= 0.3 is 0 Å². The smallest absolute Gasteiger partial charge is 0.270 e. The van der Waals surface area contributed by atoms with Crippen LogP contribution in [0.15, 0.2) is 69.8 Å². The molecule has 0 aliphatic rings. The van der Waals surface area contributed by atoms with Crippen LogP contribution in [0.1, 0.15) is 16.2 Å². The summed E-state index contributed by atoms with van der Waals surface area (Å²) in [6.45, 7) is 0.248. The molecule has 0 fully saturated rings. The predicted molar refractivity (Wildman–Crippen MR) is 87.1 cm³/mol. The summed E-state index contributed by atoms with van der Waals surface area (Å²) >= 11 is 0. The molecule has 24 heavy (non-hydrogen) atoms. The van der Waals surface area contributed by atoms with Gasteiger partial charge < -0.3 is 14.3 Å². The minimum atomic E-state index is -0.261. The van der Waals surface area contributed by atoms with E-state index in [1.807, 2.05) is 30.3 Å². The van der Waals surface area contributed by atoms with Crippen molar-refractivity contribution in [3.05, 3.63) is 72.2 Å². The van der Waals surface area contributed by atoms with Gasteiger partial charge in [-0.3, -0.25) is 4.79 Å². The Balaban J connectivity index is 1.46. The third-order valence-corrected chi connectivity index (χ3v) is 3.58. The van der Waals surface area contributed by atoms with Crippen LogP contribution in [0.5, 0.6) is 0 Å². The highest BCUT2D eigenvalue weighted by molar-refractivity contribution is 5.94. The van der Waals surface area contributed by atoms with Crippen LogP contribution >= 0.6 is 0 Å². The molecule has 0 aliphatic carbocycles. The number of furan rings is 1. The van der Waals surface area contributed by atoms with Crippen LogP contribution in [0.25, 0.3) is 22.4 Å². The Bertz CT molecular complexity index is 990. The zero-order valence-electron chi connectivity index (χ0n) is 12.6. The van der Waals surface area contributed by atoms with E-state index in [9.17, 15) is 4.79 Å². The van der Waals surface area contributed by atoms with Crippen molar-refractivity contribution in [1.82, 2.24) is 15.5 Å². The molecular formula is C18H13N3O3. The quantitative estimate of drug-likeness (QED) is 0.623. The van der Waals surface area contributed by atoms with Crippen molar-refractivity contribution in [3.63, 3.8) is 0 Å². The molecule has 1 aromatic carbocycles. The van der Waals surface area contributed by atoms with Gasteiger partial charge in [0, 0.05) is 11.5 Å². The monoisotopic (exact) mass is 319 g/mol. The molecule has 6 heteroatoms. The van der Waals surface area contributed by atoms with Gasteiger partial charge in [-0.05, 0) is 24.3 Å². The van der Waals surface area contributed by atoms with Crippen LogP contribution < -0.4 is 5.32 Å². The van der Waals surface area contributed by atoms with Crippen molar-refractivity contribution in [3.8, 4) is 11.5 Å². The Morgan fingerprint density at radius 2 is 1.96 bits per heavy atom. The third kappa shape index (κ3) is 2.77. The van der Waals surface area contributed by atoms with Crippen LogP contribution in [0, 0.1) is 0 Å². The number of nitrogens with zero attached hydrogens (tertiary/aromatic N) is 2. The van der Waals surface area contributed by atoms with E-state index in [4.69, 9.17) is 8.94 Å². The van der Waals surface area contributed by atoms with Crippen molar-refractivity contribution in [2.45, 2.75) is 6.54 Å². The van der Waals surface area contributed by atoms with Gasteiger partial charge in [0.1, 0.15) is 11.4 Å². The molecule has 3 heterocycles. The second-order valence-corrected chi connectivity index (χ2v) is 5.23. The van der Waals surface area contributed by atoms with E-state index in [0.717, 1.165) is 10.9 Å². The number of carbonyl (C=O) groups is 1. The summed E-state index contributed by atoms with van der Waals surface area (Å²) in [5.41, 5.74) is 1.76. The molecule has 0 aliphatic heterocycles. The van der Waals surface area contributed by atoms with Gasteiger partial charge in [0.25, 0.3) is 5.91 Å². The number of para-hydroxylation sites is 1. The van der Waals surface area contributed by atoms with Gasteiger partial charge in [-0.25, -0.2) is 4.98 Å². The number of rotatable bonds is 4. The summed E-state index contributed by atoms with van der Waals surface area (Å²) in [7, 11) is 0. The van der Waals surface area contributed by atoms with E-state index >= 15 is 0 Å². The number of nitrogens with one attached hydrogen (secondary N) is 1. The SMILES string of the molecule is O=C(NCc1cc(-c2ccco2)on1)c1ccc2ccccc2n1. The average molecular weight is 319 g/mol. The fraction of sp³-hybridized carbons (Fsp3) is 0.0556. The Labute approximate surface area is 137 Å². The normalized spacial score (nSPS) is 10.8. The Kier molecular flexibility index (Phi) is 3.55. The molecule has 0 saturated heterocycles. The Morgan fingerprint density at radius 1 is 1.04 bits per heavy atom. The van der Waals surface area contributed by atoms with E-state index in [1.165, 1.54) is 0 Å². The standard InChI is InChI=1S/C18H13N3O3/c22-18(15-8-7-12-4-1-2-5-14(12)20-15)19-11-13-10-17(24-21-13)16-6-3-9-23-16/h1-10H,11H2,(H,19,22). The minimum absolute atomic E-state index is 0.248. The maximum atomic E-state index is 12.2. The van der Waals surface area contributed by atoms with Gasteiger partial charge in [-0.2, -0.15) is 0 Å². The molecule has 1 N–H and O–H groups in total. The van der Waals surface area contributed by atoms with Gasteiger partial charge in [0.05, 0.1) is 18.3 Å². The van der Waals surface area contributed by atoms with Gasteiger partial charge in [-0.15, -0.1) is 0 Å². The summed E-state index contributed by atoms with van der Waals surface area (Å²) < 4.78 is 10.4. The molecule has 4 aromatic rings. The van der Waals surface area contributed by atoms with Crippen LogP contribution in [-0.4, -0.2) is 16.0 Å². The molecule has 0 radical (unpaired) electrons. The summed E-state index contributed by atoms with van der Waals surface area (Å²) in [5, 5.41) is 7.70. The van der Waals surface area contributed by atoms with Crippen LogP contribution in [0.3, 0.4) is 0 Å². The largest absolute Gasteiger partial charge is 0.461 e. The Hall–Kier alpha value is -3.41. The van der Waals surface area contributed by atoms with E-state index in [1.54, 1.807) is 30.5 Å². The lowest BCUT2D eigenvalue weighted by Gasteiger charge is -2.03. The first-order valence-electron chi connectivity index (χ1n) is 7.43. The fourth-order valence-corrected chi connectivity index (χ4v) is 2.38. The van der Waals surface area contributed by atoms with Crippen LogP contribution in [0.4, 0.5) is 0 Å². The maximum Gasteiger partial charge on any atom is 0.270 e. The highest BCUT2D eigenvalue weighted by Gasteiger charge is 2.12. The van der Waals surface area contributed by atoms with Crippen molar-refractivity contribution >= 4 is 16.8 Å². The number of hydrogen-bond acceptors (Lipinski definition) is 5. The first kappa shape index (κ1) is 14.2. The van der Waals surface area contributed by atoms with Crippen molar-refractivity contribution in [1.29, 1.82) is 0 Å². The summed E-state index contributed by atoms with van der Waals surface area (Å²) in [6.07, 6.45) is 1.56. The molecule has 118 valence electrons. The predicted octanol–water partition coefficient (Wildman–Crippen LogP) is 3.41. The first-order valence-corrected chi connectivity index (χ1v) is 7.43. The second-order valence-electron chi connectivity index (χ2n) is 5.23. The van der Waals surface area contributed by atoms with Crippen molar-refractivity contribution < 1.29 is 13.7 Å². The average Bonchev–Trinajstić information content (AvgIpc) is 3.30. The number of amides is 1. The van der Waals surface area contributed by atoms with Crippen molar-refractivity contribution in [2.75, 3.05) is 0 Å². The van der Waals surface area contributed by atoms with E-state index in [-0.39, 0.29) is 12.5 Å². The first-order chi connectivity index (χ1) is 11.8. The molecular weight excluding hydrogens is 306 g/mol. The van der Waals surface area contributed by atoms with Gasteiger partial charge in [0.2, 0.25) is 5.76 Å². The molecule has 1 amide bonds. The summed E-state index contributed by atoms with van der Waals surface area (Å²) in [6, 6.07) is 16.5. The third-order valence-electron chi connectivity index (χ3n) is 3.58. The number of pyridine rings is 1. The van der Waals surface area contributed by atoms with E-state index in [0.29, 0.717) is 22.9 Å². The lowest BCUT2D eigenvalue weighted by Crippen LogP contribution is -2.23. The van der Waals surface area contributed by atoms with Gasteiger partial charge in [0.15, 0.2) is 5.76 Å². The van der Waals surface area contributed by atoms with Crippen molar-refractivity contribution in [2.24, 2.45) is 0 Å². The topological polar surface area (TPSA) is 81.2 Å². The lowest BCUT2D eigenvalue weighted by molar-refractivity contribution is 0.0945. The zero-order chi connectivity index (χ0) is 16.4. The molecule has 0 unspecified atom stereocenters. The van der Waals surface area contributed by atoms with E-state index in [2.05, 4.69) is 15.5 Å². The zero-order valence-corrected chi connectivity index (χ0v) is 12.6. The number of hydrogen-bond donors (Lipinski definition) is 1. The van der Waals surface area contributed by atoms with Crippen LogP contribution in [-0.2, 0) is 6.54 Å². The lowest BCUT2D eigenvalue weighted by atomic mass is 10.2. The fourth-order valence-electron chi connectivity index (χ4n) is 2.38. The molecule has 3 aromatic heterocycles. The highest BCUT2D eigenvalue weighted by Crippen LogP contribution is 2.20. The summed E-state index contributed by atoms with van der Waals surface area (Å²) in [4.78, 5) is 16.6. The molecule has 0 atom stereocenters. The molecule has 4 rings (SSSR count). The van der Waals surface area contributed by atoms with Gasteiger partial charge in [-0.1, -0.05) is 29.4 Å². The second kappa shape index (κ2) is 6.00. The number of fused-ring (bicyclic) bond motifs is 1. The van der Waals surface area contributed by atoms with E-state index < -0.39 is 0 Å². The molecule has 0 bridgehead atoms. The number of benzene rings is 1. The Morgan fingerprint density at radius 3 is 2.83 bits per heavy atom. The summed E-state index contributed by atoms with van der Waals surface area (Å²) in [5.74, 6) is 0.854. The highest BCUT2D eigenvalue weighted by atomic mass is 16.5. The molecule has 0 saturated carbocycles. The van der Waals surface area contributed by atoms with Crippen LogP contribution in [0.2, 0.25) is 0 Å². The number of aromatic nitrogens is 2. The minimum Gasteiger partial charge on any atom is -0.461 e. The molecule has 0 spiro atoms. The molecule has 6 nitrogen and oxygen atoms in total. The maximum absolute atomic E-state index is 12.2.